The molecule has 0 saturated carbocycles. The Kier molecular flexibility index (Phi) is 6.45. The summed E-state index contributed by atoms with van der Waals surface area (Å²) in [6, 6.07) is 10.0. The van der Waals surface area contributed by atoms with Gasteiger partial charge in [-0.05, 0) is 24.8 Å². The van der Waals surface area contributed by atoms with E-state index < -0.39 is 5.25 Å². The average molecular weight is 426 g/mol. The quantitative estimate of drug-likeness (QED) is 0.430. The zero-order valence-corrected chi connectivity index (χ0v) is 18.8. The van der Waals surface area contributed by atoms with E-state index in [0.717, 1.165) is 11.4 Å². The number of thioether (sulfide) groups is 1. The van der Waals surface area contributed by atoms with Crippen LogP contribution in [0.5, 0.6) is 0 Å². The van der Waals surface area contributed by atoms with Crippen molar-refractivity contribution in [3.63, 3.8) is 0 Å². The summed E-state index contributed by atoms with van der Waals surface area (Å²) < 4.78 is 6.95. The van der Waals surface area contributed by atoms with Gasteiger partial charge >= 0.3 is 0 Å². The van der Waals surface area contributed by atoms with E-state index >= 15 is 0 Å². The molecule has 3 rings (SSSR count). The summed E-state index contributed by atoms with van der Waals surface area (Å²) in [5.41, 5.74) is 2.31. The van der Waals surface area contributed by atoms with Gasteiger partial charge in [0.15, 0.2) is 16.8 Å². The predicted molar refractivity (Wildman–Crippen MR) is 120 cm³/mol. The molecule has 0 aliphatic carbocycles. The fourth-order valence-electron chi connectivity index (χ4n) is 2.87. The molecule has 0 bridgehead atoms. The molecule has 30 heavy (non-hydrogen) atoms. The van der Waals surface area contributed by atoms with Gasteiger partial charge in [-0.3, -0.25) is 9.36 Å². The highest BCUT2D eigenvalue weighted by Crippen LogP contribution is 2.29. The van der Waals surface area contributed by atoms with Crippen LogP contribution in [0.1, 0.15) is 39.0 Å². The van der Waals surface area contributed by atoms with E-state index in [1.807, 2.05) is 11.5 Å². The monoisotopic (exact) mass is 425 g/mol. The van der Waals surface area contributed by atoms with Crippen LogP contribution in [0.2, 0.25) is 0 Å². The Hall–Kier alpha value is -2.87. The van der Waals surface area contributed by atoms with Gasteiger partial charge in [0.25, 0.3) is 0 Å². The van der Waals surface area contributed by atoms with Crippen LogP contribution in [-0.4, -0.2) is 31.1 Å². The van der Waals surface area contributed by atoms with Gasteiger partial charge in [0.05, 0.1) is 5.25 Å². The number of hydrogen-bond acceptors (Lipinski definition) is 6. The number of amides is 1. The van der Waals surface area contributed by atoms with Crippen LogP contribution in [0.15, 0.2) is 52.7 Å². The molecule has 3 aromatic rings. The molecule has 158 valence electrons. The number of benzene rings is 1. The standard InChI is InChI=1S/C22H27N5O2S/c1-7-12-27-19(16-8-10-17(11-9-16)22(4,5)6)24-25-21(27)30-15(3)20(28)23-18-13-14(2)29-26-18/h7-11,13,15H,1,12H2,2-6H3,(H,23,26,28). The Morgan fingerprint density at radius 3 is 2.57 bits per heavy atom. The van der Waals surface area contributed by atoms with Crippen molar-refractivity contribution in [2.24, 2.45) is 0 Å². The highest BCUT2D eigenvalue weighted by atomic mass is 32.2. The number of carbonyl (C=O) groups excluding carboxylic acids is 1. The molecule has 0 aliphatic heterocycles. The summed E-state index contributed by atoms with van der Waals surface area (Å²) in [6.07, 6.45) is 1.79. The van der Waals surface area contributed by atoms with Crippen LogP contribution >= 0.6 is 11.8 Å². The molecule has 1 aromatic carbocycles. The first-order chi connectivity index (χ1) is 14.2. The number of aryl methyl sites for hydroxylation is 1. The molecule has 1 amide bonds. The summed E-state index contributed by atoms with van der Waals surface area (Å²) in [7, 11) is 0. The minimum Gasteiger partial charge on any atom is -0.360 e. The number of allylic oxidation sites excluding steroid dienone is 1. The lowest BCUT2D eigenvalue weighted by atomic mass is 9.87. The molecule has 1 unspecified atom stereocenters. The van der Waals surface area contributed by atoms with Gasteiger partial charge < -0.3 is 9.84 Å². The molecule has 7 nitrogen and oxygen atoms in total. The summed E-state index contributed by atoms with van der Waals surface area (Å²) in [4.78, 5) is 12.5. The summed E-state index contributed by atoms with van der Waals surface area (Å²) in [6.45, 7) is 14.5. The maximum Gasteiger partial charge on any atom is 0.238 e. The Balaban J connectivity index is 1.80. The number of carbonyl (C=O) groups is 1. The fraction of sp³-hybridized carbons (Fsp3) is 0.364. The molecule has 8 heteroatoms. The smallest absolute Gasteiger partial charge is 0.238 e. The van der Waals surface area contributed by atoms with Gasteiger partial charge in [0, 0.05) is 18.2 Å². The van der Waals surface area contributed by atoms with Gasteiger partial charge in [-0.25, -0.2) is 0 Å². The number of anilines is 1. The number of nitrogens with zero attached hydrogens (tertiary/aromatic N) is 4. The molecule has 1 N–H and O–H groups in total. The minimum absolute atomic E-state index is 0.0828. The maximum atomic E-state index is 12.5. The average Bonchev–Trinajstić information content (AvgIpc) is 3.27. The molecule has 0 saturated heterocycles. The van der Waals surface area contributed by atoms with Crippen molar-refractivity contribution in [2.45, 2.75) is 57.0 Å². The number of aromatic nitrogens is 4. The van der Waals surface area contributed by atoms with Crippen molar-refractivity contribution in [3.8, 4) is 11.4 Å². The molecule has 2 heterocycles. The van der Waals surface area contributed by atoms with Crippen LogP contribution in [0.3, 0.4) is 0 Å². The molecule has 0 fully saturated rings. The van der Waals surface area contributed by atoms with Crippen LogP contribution in [-0.2, 0) is 16.8 Å². The van der Waals surface area contributed by atoms with Crippen LogP contribution in [0.25, 0.3) is 11.4 Å². The van der Waals surface area contributed by atoms with E-state index in [4.69, 9.17) is 4.52 Å². The van der Waals surface area contributed by atoms with Gasteiger partial charge in [-0.2, -0.15) is 0 Å². The van der Waals surface area contributed by atoms with E-state index in [0.29, 0.717) is 23.3 Å². The number of rotatable bonds is 7. The lowest BCUT2D eigenvalue weighted by Gasteiger charge is -2.19. The Morgan fingerprint density at radius 2 is 2.00 bits per heavy atom. The highest BCUT2D eigenvalue weighted by Gasteiger charge is 2.22. The van der Waals surface area contributed by atoms with Crippen LogP contribution in [0, 0.1) is 6.92 Å². The first-order valence-electron chi connectivity index (χ1n) is 9.75. The zero-order valence-electron chi connectivity index (χ0n) is 18.0. The zero-order chi connectivity index (χ0) is 21.9. The third-order valence-corrected chi connectivity index (χ3v) is 5.65. The Bertz CT molecular complexity index is 1030. The third-order valence-electron chi connectivity index (χ3n) is 4.57. The maximum absolute atomic E-state index is 12.5. The SMILES string of the molecule is C=CCn1c(SC(C)C(=O)Nc2cc(C)on2)nnc1-c1ccc(C(C)(C)C)cc1. The highest BCUT2D eigenvalue weighted by molar-refractivity contribution is 8.00. The molecule has 0 radical (unpaired) electrons. The second-order valence-electron chi connectivity index (χ2n) is 8.10. The van der Waals surface area contributed by atoms with E-state index in [-0.39, 0.29) is 11.3 Å². The first-order valence-corrected chi connectivity index (χ1v) is 10.6. The second kappa shape index (κ2) is 8.87. The van der Waals surface area contributed by atoms with Crippen molar-refractivity contribution >= 4 is 23.5 Å². The summed E-state index contributed by atoms with van der Waals surface area (Å²) >= 11 is 1.34. The third kappa shape index (κ3) is 4.99. The molecule has 0 spiro atoms. The number of nitrogens with one attached hydrogen (secondary N) is 1. The second-order valence-corrected chi connectivity index (χ2v) is 9.41. The van der Waals surface area contributed by atoms with Crippen molar-refractivity contribution in [1.82, 2.24) is 19.9 Å². The fourth-order valence-corrected chi connectivity index (χ4v) is 3.73. The predicted octanol–water partition coefficient (Wildman–Crippen LogP) is 4.84. The van der Waals surface area contributed by atoms with E-state index in [1.54, 1.807) is 19.1 Å². The van der Waals surface area contributed by atoms with E-state index in [2.05, 4.69) is 72.3 Å². The lowest BCUT2D eigenvalue weighted by Crippen LogP contribution is -2.23. The molecule has 2 aromatic heterocycles. The van der Waals surface area contributed by atoms with Gasteiger partial charge in [-0.15, -0.1) is 16.8 Å². The largest absolute Gasteiger partial charge is 0.360 e. The lowest BCUT2D eigenvalue weighted by molar-refractivity contribution is -0.115. The van der Waals surface area contributed by atoms with E-state index in [1.165, 1.54) is 17.3 Å². The van der Waals surface area contributed by atoms with E-state index in [9.17, 15) is 4.79 Å². The van der Waals surface area contributed by atoms with Crippen molar-refractivity contribution < 1.29 is 9.32 Å². The van der Waals surface area contributed by atoms with Crippen molar-refractivity contribution in [2.75, 3.05) is 5.32 Å². The first kappa shape index (κ1) is 21.8. The Labute approximate surface area is 180 Å². The topological polar surface area (TPSA) is 85.8 Å². The van der Waals surface area contributed by atoms with Gasteiger partial charge in [0.2, 0.25) is 5.91 Å². The molecular weight excluding hydrogens is 398 g/mol. The Morgan fingerprint density at radius 1 is 1.30 bits per heavy atom. The van der Waals surface area contributed by atoms with Gasteiger partial charge in [-0.1, -0.05) is 68.0 Å². The van der Waals surface area contributed by atoms with Crippen LogP contribution < -0.4 is 5.32 Å². The summed E-state index contributed by atoms with van der Waals surface area (Å²) in [5.74, 6) is 1.60. The molecular formula is C22H27N5O2S. The summed E-state index contributed by atoms with van der Waals surface area (Å²) in [5, 5.41) is 15.5. The van der Waals surface area contributed by atoms with Crippen molar-refractivity contribution in [1.29, 1.82) is 0 Å². The van der Waals surface area contributed by atoms with Gasteiger partial charge in [0.1, 0.15) is 5.76 Å². The molecule has 0 aliphatic rings. The normalized spacial score (nSPS) is 12.6. The van der Waals surface area contributed by atoms with Crippen molar-refractivity contribution in [3.05, 3.63) is 54.3 Å². The van der Waals surface area contributed by atoms with Crippen LogP contribution in [0.4, 0.5) is 5.82 Å². The number of hydrogen-bond donors (Lipinski definition) is 1. The molecule has 1 atom stereocenters. The minimum atomic E-state index is -0.397.